The minimum atomic E-state index is -0.286. The monoisotopic (exact) mass is 576 g/mol. The van der Waals surface area contributed by atoms with Crippen molar-refractivity contribution in [2.45, 2.75) is 43.6 Å². The summed E-state index contributed by atoms with van der Waals surface area (Å²) in [5.74, 6) is 1.73. The summed E-state index contributed by atoms with van der Waals surface area (Å²) >= 11 is 1.76. The zero-order valence-corrected chi connectivity index (χ0v) is 24.0. The zero-order valence-electron chi connectivity index (χ0n) is 22.4. The van der Waals surface area contributed by atoms with Crippen molar-refractivity contribution in [2.75, 3.05) is 16.4 Å². The number of nitrogens with two attached hydrogens (primary N) is 1. The molecule has 4 aromatic rings. The molecule has 5 rings (SSSR count). The third-order valence-corrected chi connectivity index (χ3v) is 8.19. The van der Waals surface area contributed by atoms with Crippen LogP contribution in [0.3, 0.4) is 0 Å². The Labute approximate surface area is 244 Å². The molecule has 1 atom stereocenters. The molecule has 0 aliphatic carbocycles. The molecular weight excluding hydrogens is 544 g/mol. The Hall–Kier alpha value is -3.88. The van der Waals surface area contributed by atoms with Gasteiger partial charge in [0.15, 0.2) is 5.96 Å². The number of fused-ring (bicyclic) bond motifs is 3. The lowest BCUT2D eigenvalue weighted by Crippen LogP contribution is -2.37. The quantitative estimate of drug-likeness (QED) is 0.0909. The molecule has 0 fully saturated rings. The largest absolute Gasteiger partial charge is 0.507 e. The third-order valence-electron chi connectivity index (χ3n) is 7.18. The Kier molecular flexibility index (Phi) is 8.81. The van der Waals surface area contributed by atoms with Gasteiger partial charge < -0.3 is 26.2 Å². The van der Waals surface area contributed by atoms with Gasteiger partial charge >= 0.3 is 0 Å². The number of phenolic OH excluding ortho intramolecular Hbond substituents is 1. The standard InChI is InChI=1S/C31H32N4O3S.ClH/c1-19-24-14-15-31(2,38-28(24)26-9-4-3-8-25(26)27(19)36)16-17-39-23-12-10-21(11-13-23)34-29(37)20-6-5-7-22(18-20)35-30(32)33;/h3-13,18,36H,14-17H2,1-2H3,(H,34,37)(H4,32,33,35);1H. The number of hydrogen-bond acceptors (Lipinski definition) is 5. The molecule has 9 heteroatoms. The maximum atomic E-state index is 12.7. The maximum Gasteiger partial charge on any atom is 0.255 e. The van der Waals surface area contributed by atoms with Crippen LogP contribution < -0.4 is 21.1 Å². The molecular formula is C31H33ClN4O3S. The number of hydrogen-bond donors (Lipinski definition) is 5. The predicted octanol–water partition coefficient (Wildman–Crippen LogP) is 7.10. The molecule has 7 nitrogen and oxygen atoms in total. The van der Waals surface area contributed by atoms with E-state index in [1.807, 2.05) is 55.5 Å². The molecule has 0 aromatic heterocycles. The lowest BCUT2D eigenvalue weighted by molar-refractivity contribution is 0.0641. The molecule has 1 unspecified atom stereocenters. The van der Waals surface area contributed by atoms with Crippen LogP contribution >= 0.6 is 24.2 Å². The number of nitrogens with one attached hydrogen (secondary N) is 3. The molecule has 208 valence electrons. The molecule has 0 spiro atoms. The van der Waals surface area contributed by atoms with Crippen LogP contribution in [0.25, 0.3) is 10.8 Å². The van der Waals surface area contributed by atoms with Crippen LogP contribution in [0.2, 0.25) is 0 Å². The van der Waals surface area contributed by atoms with Crippen molar-refractivity contribution in [3.8, 4) is 11.5 Å². The molecule has 0 saturated carbocycles. The molecule has 4 aromatic carbocycles. The lowest BCUT2D eigenvalue weighted by atomic mass is 9.86. The first-order valence-electron chi connectivity index (χ1n) is 12.9. The van der Waals surface area contributed by atoms with Crippen LogP contribution in [-0.2, 0) is 6.42 Å². The predicted molar refractivity (Wildman–Crippen MR) is 167 cm³/mol. The fourth-order valence-electron chi connectivity index (χ4n) is 4.96. The van der Waals surface area contributed by atoms with E-state index in [0.717, 1.165) is 57.6 Å². The number of benzene rings is 4. The first-order valence-corrected chi connectivity index (χ1v) is 13.9. The highest BCUT2D eigenvalue weighted by Crippen LogP contribution is 2.46. The summed E-state index contributed by atoms with van der Waals surface area (Å²) < 4.78 is 6.65. The molecule has 1 aliphatic heterocycles. The second-order valence-corrected chi connectivity index (χ2v) is 11.2. The smallest absolute Gasteiger partial charge is 0.255 e. The number of amides is 1. The SMILES string of the molecule is Cc1c2c(c3ccccc3c1O)OC(C)(CCSc1ccc(NC(=O)c3cccc(NC(=N)N)c3)cc1)CC2.Cl. The number of halogens is 1. The van der Waals surface area contributed by atoms with Crippen molar-refractivity contribution in [1.82, 2.24) is 0 Å². The topological polar surface area (TPSA) is 120 Å². The third kappa shape index (κ3) is 6.29. The van der Waals surface area contributed by atoms with Crippen LogP contribution in [0.15, 0.2) is 77.7 Å². The normalized spacial score (nSPS) is 15.8. The molecule has 1 aliphatic rings. The number of carbonyl (C=O) groups is 1. The summed E-state index contributed by atoms with van der Waals surface area (Å²) in [5, 5.41) is 25.4. The Morgan fingerprint density at radius 2 is 1.77 bits per heavy atom. The van der Waals surface area contributed by atoms with E-state index in [4.69, 9.17) is 15.9 Å². The van der Waals surface area contributed by atoms with Crippen molar-refractivity contribution >= 4 is 58.2 Å². The molecule has 0 bridgehead atoms. The zero-order chi connectivity index (χ0) is 27.6. The summed E-state index contributed by atoms with van der Waals surface area (Å²) in [4.78, 5) is 13.8. The van der Waals surface area contributed by atoms with E-state index in [1.165, 1.54) is 0 Å². The molecule has 0 radical (unpaired) electrons. The van der Waals surface area contributed by atoms with Crippen LogP contribution in [0.5, 0.6) is 11.5 Å². The second-order valence-electron chi connectivity index (χ2n) is 10.1. The Balaban J connectivity index is 0.00000370. The number of aromatic hydroxyl groups is 1. The Morgan fingerprint density at radius 1 is 1.05 bits per heavy atom. The van der Waals surface area contributed by atoms with Gasteiger partial charge in [-0.1, -0.05) is 30.3 Å². The van der Waals surface area contributed by atoms with E-state index in [-0.39, 0.29) is 29.9 Å². The highest BCUT2D eigenvalue weighted by molar-refractivity contribution is 7.99. The second kappa shape index (κ2) is 12.1. The highest BCUT2D eigenvalue weighted by Gasteiger charge is 2.34. The number of ether oxygens (including phenoxy) is 1. The van der Waals surface area contributed by atoms with Gasteiger partial charge in [0.05, 0.1) is 0 Å². The number of rotatable bonds is 7. The lowest BCUT2D eigenvalue weighted by Gasteiger charge is -2.37. The summed E-state index contributed by atoms with van der Waals surface area (Å²) in [6.45, 7) is 4.14. The van der Waals surface area contributed by atoms with Gasteiger partial charge in [-0.15, -0.1) is 24.2 Å². The van der Waals surface area contributed by atoms with Crippen LogP contribution in [0, 0.1) is 12.3 Å². The number of phenols is 1. The van der Waals surface area contributed by atoms with Gasteiger partial charge in [-0.05, 0) is 81.1 Å². The van der Waals surface area contributed by atoms with Crippen molar-refractivity contribution in [3.05, 3.63) is 89.5 Å². The van der Waals surface area contributed by atoms with Gasteiger partial charge in [-0.3, -0.25) is 10.2 Å². The molecule has 6 N–H and O–H groups in total. The number of thioether (sulfide) groups is 1. The number of carbonyl (C=O) groups excluding carboxylic acids is 1. The van der Waals surface area contributed by atoms with Gasteiger partial charge in [0, 0.05) is 43.9 Å². The Morgan fingerprint density at radius 3 is 2.50 bits per heavy atom. The van der Waals surface area contributed by atoms with Crippen molar-refractivity contribution in [3.63, 3.8) is 0 Å². The van der Waals surface area contributed by atoms with E-state index in [0.29, 0.717) is 22.7 Å². The van der Waals surface area contributed by atoms with Gasteiger partial charge in [0.1, 0.15) is 17.1 Å². The van der Waals surface area contributed by atoms with Crippen molar-refractivity contribution in [1.29, 1.82) is 5.41 Å². The summed E-state index contributed by atoms with van der Waals surface area (Å²) in [5.41, 5.74) is 8.87. The van der Waals surface area contributed by atoms with Gasteiger partial charge in [-0.2, -0.15) is 0 Å². The van der Waals surface area contributed by atoms with Gasteiger partial charge in [0.2, 0.25) is 0 Å². The van der Waals surface area contributed by atoms with Crippen LogP contribution in [0.1, 0.15) is 41.3 Å². The van der Waals surface area contributed by atoms with E-state index >= 15 is 0 Å². The first-order chi connectivity index (χ1) is 18.7. The highest BCUT2D eigenvalue weighted by atomic mass is 35.5. The summed E-state index contributed by atoms with van der Waals surface area (Å²) in [6, 6.07) is 22.5. The first kappa shape index (κ1) is 29.1. The summed E-state index contributed by atoms with van der Waals surface area (Å²) in [6.07, 6.45) is 2.66. The Bertz CT molecular complexity index is 1560. The summed E-state index contributed by atoms with van der Waals surface area (Å²) in [7, 11) is 0. The van der Waals surface area contributed by atoms with Gasteiger partial charge in [-0.25, -0.2) is 0 Å². The van der Waals surface area contributed by atoms with E-state index in [9.17, 15) is 9.90 Å². The molecule has 1 heterocycles. The number of guanidine groups is 1. The van der Waals surface area contributed by atoms with Crippen LogP contribution in [0.4, 0.5) is 11.4 Å². The van der Waals surface area contributed by atoms with Gasteiger partial charge in [0.25, 0.3) is 5.91 Å². The maximum absolute atomic E-state index is 12.7. The van der Waals surface area contributed by atoms with Crippen LogP contribution in [-0.4, -0.2) is 28.3 Å². The minimum absolute atomic E-state index is 0. The minimum Gasteiger partial charge on any atom is -0.507 e. The fraction of sp³-hybridized carbons (Fsp3) is 0.226. The molecule has 40 heavy (non-hydrogen) atoms. The van der Waals surface area contributed by atoms with E-state index in [1.54, 1.807) is 36.0 Å². The molecule has 1 amide bonds. The van der Waals surface area contributed by atoms with E-state index < -0.39 is 0 Å². The van der Waals surface area contributed by atoms with Crippen molar-refractivity contribution < 1.29 is 14.6 Å². The average Bonchev–Trinajstić information content (AvgIpc) is 2.92. The van der Waals surface area contributed by atoms with E-state index in [2.05, 4.69) is 17.6 Å². The average molecular weight is 577 g/mol. The molecule has 0 saturated heterocycles. The number of anilines is 2. The van der Waals surface area contributed by atoms with Crippen molar-refractivity contribution in [2.24, 2.45) is 5.73 Å². The fourth-order valence-corrected chi connectivity index (χ4v) is 6.06.